The summed E-state index contributed by atoms with van der Waals surface area (Å²) in [5.41, 5.74) is 6.95. The number of nitrogens with zero attached hydrogens (tertiary/aromatic N) is 3. The Balaban J connectivity index is 1.53. The SMILES string of the molecule is CN(C1CCN(Cc2cccc(C(=N)N)c2)C1=O)S(=O)(=O)c1cc2ccc(Cl)nc2s1. The number of benzene rings is 1. The van der Waals surface area contributed by atoms with Gasteiger partial charge >= 0.3 is 0 Å². The molecule has 2 aromatic heterocycles. The summed E-state index contributed by atoms with van der Waals surface area (Å²) in [7, 11) is -2.43. The number of carbonyl (C=O) groups is 1. The second kappa shape index (κ2) is 8.19. The minimum Gasteiger partial charge on any atom is -0.384 e. The van der Waals surface area contributed by atoms with E-state index >= 15 is 0 Å². The number of amidine groups is 1. The lowest BCUT2D eigenvalue weighted by molar-refractivity contribution is -0.131. The first-order valence-electron chi connectivity index (χ1n) is 9.43. The Bertz CT molecular complexity index is 1290. The van der Waals surface area contributed by atoms with Gasteiger partial charge in [0.15, 0.2) is 0 Å². The summed E-state index contributed by atoms with van der Waals surface area (Å²) in [6.45, 7) is 0.771. The van der Waals surface area contributed by atoms with Crippen LogP contribution in [0, 0.1) is 5.41 Å². The molecule has 11 heteroatoms. The van der Waals surface area contributed by atoms with Gasteiger partial charge in [-0.05, 0) is 36.2 Å². The predicted octanol–water partition coefficient (Wildman–Crippen LogP) is 2.66. The normalized spacial score (nSPS) is 17.1. The Hall–Kier alpha value is -2.53. The molecular formula is C20H20ClN5O3S2. The molecule has 31 heavy (non-hydrogen) atoms. The number of rotatable bonds is 6. The summed E-state index contributed by atoms with van der Waals surface area (Å²) in [5, 5.41) is 8.54. The van der Waals surface area contributed by atoms with E-state index in [0.29, 0.717) is 40.4 Å². The Kier molecular flexibility index (Phi) is 5.73. The van der Waals surface area contributed by atoms with Gasteiger partial charge in [-0.2, -0.15) is 4.31 Å². The number of likely N-dealkylation sites (tertiary alicyclic amines) is 1. The molecule has 0 bridgehead atoms. The van der Waals surface area contributed by atoms with Crippen LogP contribution in [0.5, 0.6) is 0 Å². The first-order valence-corrected chi connectivity index (χ1v) is 12.1. The lowest BCUT2D eigenvalue weighted by Crippen LogP contribution is -2.42. The number of aromatic nitrogens is 1. The van der Waals surface area contributed by atoms with Crippen molar-refractivity contribution in [3.05, 3.63) is 58.7 Å². The van der Waals surface area contributed by atoms with Gasteiger partial charge in [-0.25, -0.2) is 13.4 Å². The summed E-state index contributed by atoms with van der Waals surface area (Å²) in [6.07, 6.45) is 0.399. The van der Waals surface area contributed by atoms with Crippen molar-refractivity contribution in [3.8, 4) is 0 Å². The van der Waals surface area contributed by atoms with Crippen LogP contribution in [0.1, 0.15) is 17.5 Å². The molecule has 1 atom stereocenters. The fraction of sp³-hybridized carbons (Fsp3) is 0.250. The van der Waals surface area contributed by atoms with Gasteiger partial charge in [-0.15, -0.1) is 11.3 Å². The van der Waals surface area contributed by atoms with Crippen molar-refractivity contribution in [1.29, 1.82) is 5.41 Å². The number of nitrogens with one attached hydrogen (secondary N) is 1. The molecule has 8 nitrogen and oxygen atoms in total. The van der Waals surface area contributed by atoms with Crippen LogP contribution in [0.3, 0.4) is 0 Å². The molecule has 3 heterocycles. The van der Waals surface area contributed by atoms with E-state index < -0.39 is 16.1 Å². The number of pyridine rings is 1. The first-order chi connectivity index (χ1) is 14.7. The van der Waals surface area contributed by atoms with Crippen LogP contribution in [0.2, 0.25) is 5.15 Å². The van der Waals surface area contributed by atoms with Gasteiger partial charge in [0.25, 0.3) is 10.0 Å². The van der Waals surface area contributed by atoms with Gasteiger partial charge in [0, 0.05) is 31.1 Å². The van der Waals surface area contributed by atoms with Gasteiger partial charge < -0.3 is 10.6 Å². The Morgan fingerprint density at radius 1 is 1.35 bits per heavy atom. The van der Waals surface area contributed by atoms with Crippen molar-refractivity contribution < 1.29 is 13.2 Å². The fourth-order valence-electron chi connectivity index (χ4n) is 3.58. The number of fused-ring (bicyclic) bond motifs is 1. The average Bonchev–Trinajstić information content (AvgIpc) is 3.31. The highest BCUT2D eigenvalue weighted by Gasteiger charge is 2.40. The van der Waals surface area contributed by atoms with Crippen molar-refractivity contribution in [2.45, 2.75) is 23.2 Å². The molecule has 0 saturated carbocycles. The van der Waals surface area contributed by atoms with Crippen LogP contribution in [0.4, 0.5) is 0 Å². The molecule has 0 spiro atoms. The molecule has 1 saturated heterocycles. The minimum absolute atomic E-state index is 0.0441. The van der Waals surface area contributed by atoms with E-state index in [4.69, 9.17) is 22.7 Å². The number of carbonyl (C=O) groups excluding carboxylic acids is 1. The third kappa shape index (κ3) is 4.16. The molecule has 1 unspecified atom stereocenters. The van der Waals surface area contributed by atoms with E-state index in [1.165, 1.54) is 7.05 Å². The van der Waals surface area contributed by atoms with Crippen LogP contribution < -0.4 is 5.73 Å². The Labute approximate surface area is 188 Å². The maximum Gasteiger partial charge on any atom is 0.253 e. The Morgan fingerprint density at radius 3 is 2.87 bits per heavy atom. The summed E-state index contributed by atoms with van der Waals surface area (Å²) in [5.74, 6) is -0.293. The molecule has 1 aliphatic heterocycles. The zero-order chi connectivity index (χ0) is 22.3. The second-order valence-electron chi connectivity index (χ2n) is 7.29. The minimum atomic E-state index is -3.87. The zero-order valence-corrected chi connectivity index (χ0v) is 19.0. The molecular weight excluding hydrogens is 458 g/mol. The number of thiophene rings is 1. The zero-order valence-electron chi connectivity index (χ0n) is 16.6. The molecule has 3 aromatic rings. The molecule has 162 valence electrons. The number of likely N-dealkylation sites (N-methyl/N-ethyl adjacent to an activating group) is 1. The first kappa shape index (κ1) is 21.7. The van der Waals surface area contributed by atoms with Crippen molar-refractivity contribution in [1.82, 2.24) is 14.2 Å². The topological polar surface area (TPSA) is 120 Å². The monoisotopic (exact) mass is 477 g/mol. The summed E-state index contributed by atoms with van der Waals surface area (Å²) < 4.78 is 27.6. The van der Waals surface area contributed by atoms with Gasteiger partial charge in [0.2, 0.25) is 5.91 Å². The highest BCUT2D eigenvalue weighted by Crippen LogP contribution is 2.32. The second-order valence-corrected chi connectivity index (χ2v) is 10.9. The molecule has 1 aromatic carbocycles. The number of halogens is 1. The van der Waals surface area contributed by atoms with Crippen LogP contribution >= 0.6 is 22.9 Å². The van der Waals surface area contributed by atoms with E-state index in [-0.39, 0.29) is 16.0 Å². The van der Waals surface area contributed by atoms with E-state index in [1.54, 1.807) is 41.3 Å². The number of amides is 1. The van der Waals surface area contributed by atoms with Crippen molar-refractivity contribution in [3.63, 3.8) is 0 Å². The number of sulfonamides is 1. The van der Waals surface area contributed by atoms with Gasteiger partial charge in [0.1, 0.15) is 26.1 Å². The fourth-order valence-corrected chi connectivity index (χ4v) is 6.65. The third-order valence-corrected chi connectivity index (χ3v) is 8.85. The summed E-state index contributed by atoms with van der Waals surface area (Å²) in [4.78, 5) is 19.3. The lowest BCUT2D eigenvalue weighted by Gasteiger charge is -2.23. The van der Waals surface area contributed by atoms with Crippen LogP contribution in [0.15, 0.2) is 46.7 Å². The van der Waals surface area contributed by atoms with Crippen LogP contribution in [0.25, 0.3) is 10.2 Å². The standard InChI is InChI=1S/C20H20ClN5O3S2/c1-25(31(28,29)17-10-14-5-6-16(21)24-19(14)30-17)15-7-8-26(20(15)27)11-12-3-2-4-13(9-12)18(22)23/h2-6,9-10,15H,7-8,11H2,1H3,(H3,22,23). The highest BCUT2D eigenvalue weighted by molar-refractivity contribution is 7.91. The van der Waals surface area contributed by atoms with Crippen molar-refractivity contribution in [2.24, 2.45) is 5.73 Å². The number of hydrogen-bond donors (Lipinski definition) is 2. The van der Waals surface area contributed by atoms with E-state index in [9.17, 15) is 13.2 Å². The van der Waals surface area contributed by atoms with Gasteiger partial charge in [0.05, 0.1) is 0 Å². The molecule has 1 amide bonds. The quantitative estimate of drug-likeness (QED) is 0.321. The summed E-state index contributed by atoms with van der Waals surface area (Å²) >= 11 is 6.94. The molecule has 4 rings (SSSR count). The number of hydrogen-bond acceptors (Lipinski definition) is 6. The summed E-state index contributed by atoms with van der Waals surface area (Å²) in [6, 6.07) is 11.2. The van der Waals surface area contributed by atoms with Gasteiger partial charge in [-0.1, -0.05) is 29.8 Å². The van der Waals surface area contributed by atoms with E-state index in [2.05, 4.69) is 4.98 Å². The average molecular weight is 478 g/mol. The molecule has 3 N–H and O–H groups in total. The van der Waals surface area contributed by atoms with Crippen LogP contribution in [-0.4, -0.2) is 54.0 Å². The molecule has 0 aliphatic carbocycles. The maximum atomic E-state index is 13.2. The number of nitrogen functional groups attached to an aromatic ring is 1. The van der Waals surface area contributed by atoms with E-state index in [1.807, 2.05) is 6.07 Å². The maximum absolute atomic E-state index is 13.2. The Morgan fingerprint density at radius 2 is 2.13 bits per heavy atom. The van der Waals surface area contributed by atoms with E-state index in [0.717, 1.165) is 21.2 Å². The molecule has 1 aliphatic rings. The van der Waals surface area contributed by atoms with Crippen molar-refractivity contribution >= 4 is 54.9 Å². The van der Waals surface area contributed by atoms with Gasteiger partial charge in [-0.3, -0.25) is 10.2 Å². The number of nitrogens with two attached hydrogens (primary N) is 1. The smallest absolute Gasteiger partial charge is 0.253 e. The predicted molar refractivity (Wildman–Crippen MR) is 121 cm³/mol. The van der Waals surface area contributed by atoms with Crippen molar-refractivity contribution in [2.75, 3.05) is 13.6 Å². The van der Waals surface area contributed by atoms with Crippen LogP contribution in [-0.2, 0) is 21.4 Å². The molecule has 0 radical (unpaired) electrons. The third-order valence-electron chi connectivity index (χ3n) is 5.28. The lowest BCUT2D eigenvalue weighted by atomic mass is 10.1. The molecule has 1 fully saturated rings. The highest BCUT2D eigenvalue weighted by atomic mass is 35.5. The largest absolute Gasteiger partial charge is 0.384 e.